The van der Waals surface area contributed by atoms with Crippen molar-refractivity contribution in [1.82, 2.24) is 14.7 Å². The Labute approximate surface area is 136 Å². The lowest BCUT2D eigenvalue weighted by molar-refractivity contribution is 0.0144. The molecule has 0 bridgehead atoms. The van der Waals surface area contributed by atoms with E-state index in [-0.39, 0.29) is 12.1 Å². The number of urea groups is 1. The second-order valence-corrected chi connectivity index (χ2v) is 5.67. The Bertz CT molecular complexity index is 641. The van der Waals surface area contributed by atoms with Gasteiger partial charge in [0.05, 0.1) is 37.7 Å². The third-order valence-electron chi connectivity index (χ3n) is 4.03. The molecule has 2 amide bonds. The smallest absolute Gasteiger partial charge is 0.322 e. The summed E-state index contributed by atoms with van der Waals surface area (Å²) < 4.78 is 7.26. The number of hydrogen-bond acceptors (Lipinski definition) is 3. The molecule has 1 aromatic heterocycles. The number of carbonyl (C=O) groups is 1. The standard InChI is InChI=1S/C17H22N4O2/c1-2-16-13-23-9-8-21(16)17(22)19-15-10-18-20(12-15)11-14-6-4-3-5-7-14/h3-7,10,12,16H,2,8-9,11,13H2,1H3,(H,19,22)/t16-/m1/s1. The number of aromatic nitrogens is 2. The summed E-state index contributed by atoms with van der Waals surface area (Å²) in [5, 5.41) is 7.24. The fourth-order valence-corrected chi connectivity index (χ4v) is 2.74. The highest BCUT2D eigenvalue weighted by molar-refractivity contribution is 5.89. The molecule has 0 aliphatic carbocycles. The van der Waals surface area contributed by atoms with Gasteiger partial charge >= 0.3 is 6.03 Å². The Hall–Kier alpha value is -2.34. The van der Waals surface area contributed by atoms with Gasteiger partial charge in [0.15, 0.2) is 0 Å². The fraction of sp³-hybridized carbons (Fsp3) is 0.412. The third kappa shape index (κ3) is 3.90. The van der Waals surface area contributed by atoms with Gasteiger partial charge in [0.25, 0.3) is 0 Å². The van der Waals surface area contributed by atoms with Crippen molar-refractivity contribution in [2.45, 2.75) is 25.9 Å². The maximum absolute atomic E-state index is 12.4. The highest BCUT2D eigenvalue weighted by Gasteiger charge is 2.26. The molecule has 0 spiro atoms. The van der Waals surface area contributed by atoms with Crippen LogP contribution >= 0.6 is 0 Å². The van der Waals surface area contributed by atoms with Crippen molar-refractivity contribution >= 4 is 11.7 Å². The van der Waals surface area contributed by atoms with Crippen LogP contribution in [0.2, 0.25) is 0 Å². The van der Waals surface area contributed by atoms with Crippen molar-refractivity contribution in [2.24, 2.45) is 0 Å². The van der Waals surface area contributed by atoms with Gasteiger partial charge in [-0.25, -0.2) is 4.79 Å². The topological polar surface area (TPSA) is 59.4 Å². The van der Waals surface area contributed by atoms with E-state index in [1.807, 2.05) is 34.0 Å². The molecule has 1 aromatic carbocycles. The average molecular weight is 314 g/mol. The minimum Gasteiger partial charge on any atom is -0.377 e. The highest BCUT2D eigenvalue weighted by Crippen LogP contribution is 2.14. The van der Waals surface area contributed by atoms with Crippen LogP contribution in [0, 0.1) is 0 Å². The van der Waals surface area contributed by atoms with Gasteiger partial charge in [0.1, 0.15) is 0 Å². The summed E-state index contributed by atoms with van der Waals surface area (Å²) in [5.74, 6) is 0. The van der Waals surface area contributed by atoms with E-state index in [2.05, 4.69) is 29.5 Å². The first-order valence-corrected chi connectivity index (χ1v) is 7.98. The Kier molecular flexibility index (Phi) is 4.92. The summed E-state index contributed by atoms with van der Waals surface area (Å²) in [7, 11) is 0. The quantitative estimate of drug-likeness (QED) is 0.943. The van der Waals surface area contributed by atoms with E-state index in [1.54, 1.807) is 6.20 Å². The highest BCUT2D eigenvalue weighted by atomic mass is 16.5. The van der Waals surface area contributed by atoms with Crippen LogP contribution in [-0.4, -0.2) is 46.5 Å². The van der Waals surface area contributed by atoms with E-state index < -0.39 is 0 Å². The van der Waals surface area contributed by atoms with Crippen molar-refractivity contribution in [3.63, 3.8) is 0 Å². The number of rotatable bonds is 4. The molecule has 3 rings (SSSR count). The van der Waals surface area contributed by atoms with E-state index in [0.717, 1.165) is 6.42 Å². The van der Waals surface area contributed by atoms with E-state index >= 15 is 0 Å². The van der Waals surface area contributed by atoms with Crippen LogP contribution in [0.3, 0.4) is 0 Å². The molecule has 1 N–H and O–H groups in total. The number of ether oxygens (including phenoxy) is 1. The minimum atomic E-state index is -0.0839. The molecule has 1 fully saturated rings. The number of benzene rings is 1. The van der Waals surface area contributed by atoms with Crippen LogP contribution in [-0.2, 0) is 11.3 Å². The lowest BCUT2D eigenvalue weighted by Gasteiger charge is -2.34. The third-order valence-corrected chi connectivity index (χ3v) is 4.03. The van der Waals surface area contributed by atoms with Gasteiger partial charge in [-0.1, -0.05) is 37.3 Å². The SMILES string of the molecule is CC[C@@H]1COCCN1C(=O)Nc1cnn(Cc2ccccc2)c1. The molecule has 1 atom stereocenters. The Morgan fingerprint density at radius 2 is 2.22 bits per heavy atom. The first-order chi connectivity index (χ1) is 11.3. The molecule has 0 unspecified atom stereocenters. The van der Waals surface area contributed by atoms with Crippen LogP contribution in [0.15, 0.2) is 42.7 Å². The largest absolute Gasteiger partial charge is 0.377 e. The van der Waals surface area contributed by atoms with Crippen LogP contribution in [0.1, 0.15) is 18.9 Å². The first kappa shape index (κ1) is 15.6. The molecule has 0 saturated carbocycles. The monoisotopic (exact) mass is 314 g/mol. The zero-order valence-corrected chi connectivity index (χ0v) is 13.3. The second-order valence-electron chi connectivity index (χ2n) is 5.67. The molecule has 1 saturated heterocycles. The molecule has 1 aliphatic rings. The van der Waals surface area contributed by atoms with Crippen molar-refractivity contribution in [3.05, 3.63) is 48.3 Å². The van der Waals surface area contributed by atoms with Gasteiger partial charge in [-0.2, -0.15) is 5.10 Å². The molecule has 23 heavy (non-hydrogen) atoms. The normalized spacial score (nSPS) is 18.0. The summed E-state index contributed by atoms with van der Waals surface area (Å²) >= 11 is 0. The molecular weight excluding hydrogens is 292 g/mol. The van der Waals surface area contributed by atoms with E-state index in [9.17, 15) is 4.79 Å². The number of amides is 2. The Morgan fingerprint density at radius 3 is 3.00 bits per heavy atom. The predicted molar refractivity (Wildman–Crippen MR) is 88.4 cm³/mol. The number of morpholine rings is 1. The summed E-state index contributed by atoms with van der Waals surface area (Å²) in [6.07, 6.45) is 4.43. The van der Waals surface area contributed by atoms with Crippen LogP contribution in [0.5, 0.6) is 0 Å². The number of carbonyl (C=O) groups excluding carboxylic acids is 1. The lowest BCUT2D eigenvalue weighted by Crippen LogP contribution is -2.50. The molecule has 6 nitrogen and oxygen atoms in total. The van der Waals surface area contributed by atoms with Crippen molar-refractivity contribution in [2.75, 3.05) is 25.1 Å². The van der Waals surface area contributed by atoms with Gasteiger partial charge in [0, 0.05) is 12.7 Å². The van der Waals surface area contributed by atoms with Gasteiger partial charge < -0.3 is 15.0 Å². The summed E-state index contributed by atoms with van der Waals surface area (Å²) in [6.45, 7) is 4.58. The van der Waals surface area contributed by atoms with Gasteiger partial charge in [-0.05, 0) is 12.0 Å². The van der Waals surface area contributed by atoms with Gasteiger partial charge in [-0.3, -0.25) is 4.68 Å². The molecule has 6 heteroatoms. The van der Waals surface area contributed by atoms with Crippen LogP contribution < -0.4 is 5.32 Å². The minimum absolute atomic E-state index is 0.0839. The van der Waals surface area contributed by atoms with Crippen molar-refractivity contribution in [3.8, 4) is 0 Å². The molecule has 1 aliphatic heterocycles. The number of anilines is 1. The lowest BCUT2D eigenvalue weighted by atomic mass is 10.2. The molecular formula is C17H22N4O2. The molecule has 0 radical (unpaired) electrons. The van der Waals surface area contributed by atoms with E-state index in [4.69, 9.17) is 4.74 Å². The Balaban J connectivity index is 1.61. The number of nitrogens with zero attached hydrogens (tertiary/aromatic N) is 3. The first-order valence-electron chi connectivity index (χ1n) is 7.98. The van der Waals surface area contributed by atoms with Crippen molar-refractivity contribution in [1.29, 1.82) is 0 Å². The van der Waals surface area contributed by atoms with Crippen LogP contribution in [0.4, 0.5) is 10.5 Å². The Morgan fingerprint density at radius 1 is 1.39 bits per heavy atom. The fourth-order valence-electron chi connectivity index (χ4n) is 2.74. The van der Waals surface area contributed by atoms with E-state index in [1.165, 1.54) is 5.56 Å². The molecule has 2 heterocycles. The van der Waals surface area contributed by atoms with Gasteiger partial charge in [-0.15, -0.1) is 0 Å². The number of hydrogen-bond donors (Lipinski definition) is 1. The zero-order valence-electron chi connectivity index (χ0n) is 13.3. The van der Waals surface area contributed by atoms with Crippen LogP contribution in [0.25, 0.3) is 0 Å². The molecule has 2 aromatic rings. The number of nitrogens with one attached hydrogen (secondary N) is 1. The summed E-state index contributed by atoms with van der Waals surface area (Å²) in [4.78, 5) is 14.3. The summed E-state index contributed by atoms with van der Waals surface area (Å²) in [6, 6.07) is 10.2. The average Bonchev–Trinajstić information content (AvgIpc) is 3.02. The predicted octanol–water partition coefficient (Wildman–Crippen LogP) is 2.57. The zero-order chi connectivity index (χ0) is 16.1. The van der Waals surface area contributed by atoms with Crippen molar-refractivity contribution < 1.29 is 9.53 Å². The van der Waals surface area contributed by atoms with E-state index in [0.29, 0.717) is 32.0 Å². The maximum atomic E-state index is 12.4. The second kappa shape index (κ2) is 7.28. The summed E-state index contributed by atoms with van der Waals surface area (Å²) in [5.41, 5.74) is 1.89. The maximum Gasteiger partial charge on any atom is 0.322 e. The van der Waals surface area contributed by atoms with Gasteiger partial charge in [0.2, 0.25) is 0 Å². The molecule has 122 valence electrons.